The van der Waals surface area contributed by atoms with Crippen LogP contribution in [0.3, 0.4) is 0 Å². The van der Waals surface area contributed by atoms with Gasteiger partial charge in [0.1, 0.15) is 0 Å². The van der Waals surface area contributed by atoms with Gasteiger partial charge < -0.3 is 0 Å². The number of thiophene rings is 2. The molecular weight excluding hydrogens is 745 g/mol. The van der Waals surface area contributed by atoms with E-state index in [-0.39, 0.29) is 0 Å². The number of hydrogen-bond donors (Lipinski definition) is 0. The first-order valence-electron chi connectivity index (χ1n) is 19.3. The van der Waals surface area contributed by atoms with Crippen molar-refractivity contribution in [2.45, 2.75) is 0 Å². The SMILES string of the molecule is c1ccc(-c2nc(-c3cccc(-c4ccc5nc(-c6ccccc6)c6ccc7sc8ccccc8c7c6c5c4)c3)nc(-c3cccc4sc5ccccc5c34)n2)cc1. The van der Waals surface area contributed by atoms with Crippen LogP contribution >= 0.6 is 22.7 Å². The molecule has 4 nitrogen and oxygen atoms in total. The van der Waals surface area contributed by atoms with Crippen molar-refractivity contribution in [1.29, 1.82) is 0 Å². The first-order chi connectivity index (χ1) is 28.7. The van der Waals surface area contributed by atoms with Gasteiger partial charge in [-0.25, -0.2) is 19.9 Å². The summed E-state index contributed by atoms with van der Waals surface area (Å²) in [5.74, 6) is 1.94. The van der Waals surface area contributed by atoms with Crippen molar-refractivity contribution >= 4 is 84.7 Å². The van der Waals surface area contributed by atoms with Gasteiger partial charge in [-0.3, -0.25) is 0 Å². The molecule has 6 heteroatoms. The second kappa shape index (κ2) is 13.2. The van der Waals surface area contributed by atoms with Gasteiger partial charge in [0.15, 0.2) is 17.5 Å². The van der Waals surface area contributed by atoms with Gasteiger partial charge in [0.05, 0.1) is 11.2 Å². The number of pyridine rings is 1. The van der Waals surface area contributed by atoms with E-state index < -0.39 is 0 Å². The van der Waals surface area contributed by atoms with Gasteiger partial charge in [-0.2, -0.15) is 0 Å². The molecule has 12 aromatic rings. The lowest BCUT2D eigenvalue weighted by Crippen LogP contribution is -2.00. The number of hydrogen-bond acceptors (Lipinski definition) is 6. The second-order valence-corrected chi connectivity index (χ2v) is 16.7. The summed E-state index contributed by atoms with van der Waals surface area (Å²) in [5, 5.41) is 8.47. The zero-order valence-electron chi connectivity index (χ0n) is 30.9. The van der Waals surface area contributed by atoms with E-state index in [0.29, 0.717) is 17.5 Å². The molecule has 4 heterocycles. The van der Waals surface area contributed by atoms with Gasteiger partial charge in [0.2, 0.25) is 0 Å². The van der Waals surface area contributed by atoms with Gasteiger partial charge in [-0.05, 0) is 53.6 Å². The van der Waals surface area contributed by atoms with Crippen molar-refractivity contribution < 1.29 is 0 Å². The molecule has 0 unspecified atom stereocenters. The molecule has 0 saturated carbocycles. The van der Waals surface area contributed by atoms with Gasteiger partial charge >= 0.3 is 0 Å². The fourth-order valence-corrected chi connectivity index (χ4v) is 10.7. The van der Waals surface area contributed by atoms with Crippen LogP contribution in [0.1, 0.15) is 0 Å². The van der Waals surface area contributed by atoms with Crippen LogP contribution in [0, 0.1) is 0 Å². The van der Waals surface area contributed by atoms with Gasteiger partial charge in [-0.15, -0.1) is 22.7 Å². The largest absolute Gasteiger partial charge is 0.247 e. The summed E-state index contributed by atoms with van der Waals surface area (Å²) in [4.78, 5) is 20.8. The number of rotatable bonds is 5. The van der Waals surface area contributed by atoms with Crippen molar-refractivity contribution in [2.24, 2.45) is 0 Å². The molecule has 0 N–H and O–H groups in total. The Morgan fingerprint density at radius 2 is 0.862 bits per heavy atom. The van der Waals surface area contributed by atoms with Crippen molar-refractivity contribution in [3.8, 4) is 56.5 Å². The van der Waals surface area contributed by atoms with E-state index in [1.54, 1.807) is 11.3 Å². The molecule has 0 bridgehead atoms. The highest BCUT2D eigenvalue weighted by molar-refractivity contribution is 7.26. The summed E-state index contributed by atoms with van der Waals surface area (Å²) in [6.45, 7) is 0. The molecule has 0 aliphatic heterocycles. The molecule has 4 aromatic heterocycles. The van der Waals surface area contributed by atoms with Crippen LogP contribution in [0.4, 0.5) is 0 Å². The first kappa shape index (κ1) is 33.1. The summed E-state index contributed by atoms with van der Waals surface area (Å²) in [6.07, 6.45) is 0. The van der Waals surface area contributed by atoms with Crippen LogP contribution in [0.5, 0.6) is 0 Å². The Morgan fingerprint density at radius 1 is 0.293 bits per heavy atom. The van der Waals surface area contributed by atoms with Crippen LogP contribution < -0.4 is 0 Å². The van der Waals surface area contributed by atoms with Crippen molar-refractivity contribution in [3.05, 3.63) is 182 Å². The molecular formula is C52H30N4S2. The Kier molecular flexibility index (Phi) is 7.55. The molecule has 0 radical (unpaired) electrons. The number of aromatic nitrogens is 4. The molecule has 270 valence electrons. The van der Waals surface area contributed by atoms with Crippen LogP contribution in [0.25, 0.3) is 119 Å². The lowest BCUT2D eigenvalue weighted by Gasteiger charge is -2.13. The highest BCUT2D eigenvalue weighted by Crippen LogP contribution is 2.45. The Bertz CT molecular complexity index is 3570. The second-order valence-electron chi connectivity index (χ2n) is 14.5. The Hall–Kier alpha value is -7.12. The van der Waals surface area contributed by atoms with Crippen LogP contribution in [-0.4, -0.2) is 19.9 Å². The minimum atomic E-state index is 0.633. The Morgan fingerprint density at radius 3 is 1.64 bits per heavy atom. The van der Waals surface area contributed by atoms with Crippen LogP contribution in [0.15, 0.2) is 182 Å². The normalized spacial score (nSPS) is 11.8. The van der Waals surface area contributed by atoms with E-state index in [2.05, 4.69) is 164 Å². The Labute approximate surface area is 341 Å². The monoisotopic (exact) mass is 774 g/mol. The molecule has 0 atom stereocenters. The van der Waals surface area contributed by atoms with Crippen LogP contribution in [0.2, 0.25) is 0 Å². The van der Waals surface area contributed by atoms with E-state index >= 15 is 0 Å². The topological polar surface area (TPSA) is 51.6 Å². The van der Waals surface area contributed by atoms with Crippen molar-refractivity contribution in [1.82, 2.24) is 19.9 Å². The molecule has 0 amide bonds. The number of nitrogens with zero attached hydrogens (tertiary/aromatic N) is 4. The highest BCUT2D eigenvalue weighted by Gasteiger charge is 2.19. The van der Waals surface area contributed by atoms with E-state index in [4.69, 9.17) is 19.9 Å². The smallest absolute Gasteiger partial charge is 0.164 e. The van der Waals surface area contributed by atoms with E-state index in [1.807, 2.05) is 29.5 Å². The van der Waals surface area contributed by atoms with E-state index in [1.165, 1.54) is 45.7 Å². The fourth-order valence-electron chi connectivity index (χ4n) is 8.44. The lowest BCUT2D eigenvalue weighted by atomic mass is 9.94. The predicted molar refractivity (Wildman–Crippen MR) is 246 cm³/mol. The lowest BCUT2D eigenvalue weighted by molar-refractivity contribution is 1.08. The maximum absolute atomic E-state index is 5.34. The fraction of sp³-hybridized carbons (Fsp3) is 0. The minimum absolute atomic E-state index is 0.633. The molecule has 8 aromatic carbocycles. The summed E-state index contributed by atoms with van der Waals surface area (Å²) in [7, 11) is 0. The molecule has 0 saturated heterocycles. The van der Waals surface area contributed by atoms with E-state index in [9.17, 15) is 0 Å². The Balaban J connectivity index is 1.06. The molecule has 0 aliphatic carbocycles. The van der Waals surface area contributed by atoms with Gasteiger partial charge in [0.25, 0.3) is 0 Å². The maximum Gasteiger partial charge on any atom is 0.164 e. The molecule has 0 spiro atoms. The first-order valence-corrected chi connectivity index (χ1v) is 20.9. The van der Waals surface area contributed by atoms with E-state index in [0.717, 1.165) is 55.4 Å². The third-order valence-corrected chi connectivity index (χ3v) is 13.4. The average Bonchev–Trinajstić information content (AvgIpc) is 3.88. The molecule has 0 aliphatic rings. The standard InChI is InChI=1S/C52H30N4S2/c1-3-13-31(14-4-1)49-38-26-28-45-48(37-20-8-10-23-43(37)58-45)47(38)40-30-34(25-27-41(40)53-49)33-17-11-18-35(29-33)51-54-50(32-15-5-2-6-16-32)55-52(56-51)39-21-12-24-44-46(39)36-19-7-9-22-42(36)57-44/h1-30H. The van der Waals surface area contributed by atoms with Crippen LogP contribution in [-0.2, 0) is 0 Å². The van der Waals surface area contributed by atoms with Gasteiger partial charge in [0, 0.05) is 78.8 Å². The van der Waals surface area contributed by atoms with Crippen molar-refractivity contribution in [3.63, 3.8) is 0 Å². The number of fused-ring (bicyclic) bond motifs is 10. The summed E-state index contributed by atoms with van der Waals surface area (Å²) in [6, 6.07) is 64.3. The summed E-state index contributed by atoms with van der Waals surface area (Å²) < 4.78 is 5.03. The highest BCUT2D eigenvalue weighted by atomic mass is 32.1. The van der Waals surface area contributed by atoms with Gasteiger partial charge in [-0.1, -0.05) is 140 Å². The zero-order valence-corrected chi connectivity index (χ0v) is 32.6. The van der Waals surface area contributed by atoms with Crippen molar-refractivity contribution in [2.75, 3.05) is 0 Å². The quantitative estimate of drug-likeness (QED) is 0.163. The minimum Gasteiger partial charge on any atom is -0.247 e. The molecule has 12 rings (SSSR count). The number of benzene rings is 8. The zero-order chi connectivity index (χ0) is 38.2. The average molecular weight is 775 g/mol. The summed E-state index contributed by atoms with van der Waals surface area (Å²) in [5.41, 5.74) is 8.14. The summed E-state index contributed by atoms with van der Waals surface area (Å²) >= 11 is 3.65. The maximum atomic E-state index is 5.34. The third kappa shape index (κ3) is 5.34. The molecule has 0 fully saturated rings. The molecule has 58 heavy (non-hydrogen) atoms. The predicted octanol–water partition coefficient (Wildman–Crippen LogP) is 14.6. The third-order valence-electron chi connectivity index (χ3n) is 11.1.